The molecule has 3 nitrogen and oxygen atoms in total. The van der Waals surface area contributed by atoms with E-state index in [1.807, 2.05) is 6.07 Å². The number of nitrogens with one attached hydrogen (secondary N) is 1. The molecule has 0 bridgehead atoms. The third-order valence-electron chi connectivity index (χ3n) is 2.80. The van der Waals surface area contributed by atoms with Crippen LogP contribution in [0.1, 0.15) is 12.5 Å². The molecule has 1 N–H and O–H groups in total. The zero-order valence-corrected chi connectivity index (χ0v) is 9.20. The minimum absolute atomic E-state index is 0.115. The summed E-state index contributed by atoms with van der Waals surface area (Å²) in [5.74, 6) is -0.450. The van der Waals surface area contributed by atoms with E-state index >= 15 is 0 Å². The molecular formula is C12H14FN3. The van der Waals surface area contributed by atoms with Crippen LogP contribution in [-0.4, -0.2) is 25.7 Å². The topological polar surface area (TPSA) is 39.1 Å². The van der Waals surface area contributed by atoms with Crippen LogP contribution < -0.4 is 10.2 Å². The van der Waals surface area contributed by atoms with Crippen molar-refractivity contribution in [2.24, 2.45) is 0 Å². The van der Waals surface area contributed by atoms with Crippen molar-refractivity contribution in [3.63, 3.8) is 0 Å². The van der Waals surface area contributed by atoms with E-state index in [4.69, 9.17) is 5.26 Å². The van der Waals surface area contributed by atoms with E-state index in [-0.39, 0.29) is 5.56 Å². The summed E-state index contributed by atoms with van der Waals surface area (Å²) in [7, 11) is 0. The summed E-state index contributed by atoms with van der Waals surface area (Å²) in [4.78, 5) is 2.17. The van der Waals surface area contributed by atoms with Crippen molar-refractivity contribution in [2.45, 2.75) is 13.0 Å². The van der Waals surface area contributed by atoms with Gasteiger partial charge in [0.15, 0.2) is 0 Å². The molecule has 0 aromatic heterocycles. The van der Waals surface area contributed by atoms with Crippen LogP contribution in [0.2, 0.25) is 0 Å². The summed E-state index contributed by atoms with van der Waals surface area (Å²) in [6, 6.07) is 7.00. The summed E-state index contributed by atoms with van der Waals surface area (Å²) in [6.45, 7) is 4.80. The van der Waals surface area contributed by atoms with Crippen molar-refractivity contribution >= 4 is 5.69 Å². The molecule has 84 valence electrons. The van der Waals surface area contributed by atoms with E-state index < -0.39 is 5.82 Å². The number of anilines is 1. The largest absolute Gasteiger partial charge is 0.369 e. The molecule has 1 saturated heterocycles. The van der Waals surface area contributed by atoms with Gasteiger partial charge in [0.05, 0.1) is 5.56 Å². The first-order valence-corrected chi connectivity index (χ1v) is 5.38. The summed E-state index contributed by atoms with van der Waals surface area (Å²) in [5, 5.41) is 12.1. The average Bonchev–Trinajstić information content (AvgIpc) is 2.29. The maximum atomic E-state index is 13.2. The maximum absolute atomic E-state index is 13.2. The van der Waals surface area contributed by atoms with Crippen molar-refractivity contribution in [1.29, 1.82) is 5.26 Å². The highest BCUT2D eigenvalue weighted by atomic mass is 19.1. The van der Waals surface area contributed by atoms with Gasteiger partial charge in [-0.25, -0.2) is 4.39 Å². The normalized spacial score (nSPS) is 20.6. The lowest BCUT2D eigenvalue weighted by atomic mass is 10.1. The quantitative estimate of drug-likeness (QED) is 0.778. The molecule has 4 heteroatoms. The Hall–Kier alpha value is -1.60. The van der Waals surface area contributed by atoms with Gasteiger partial charge in [-0.15, -0.1) is 0 Å². The van der Waals surface area contributed by atoms with Crippen LogP contribution in [0.25, 0.3) is 0 Å². The molecule has 0 aliphatic carbocycles. The standard InChI is InChI=1S/C12H14FN3/c1-9-8-16(5-4-15-9)11-2-3-12(13)10(6-11)7-14/h2-3,6,9,15H,4-5,8H2,1H3/t9-/m1/s1. The van der Waals surface area contributed by atoms with Crippen LogP contribution in [0.3, 0.4) is 0 Å². The number of nitrogens with zero attached hydrogens (tertiary/aromatic N) is 2. The van der Waals surface area contributed by atoms with Gasteiger partial charge in [-0.2, -0.15) is 5.26 Å². The Morgan fingerprint density at radius 3 is 3.06 bits per heavy atom. The average molecular weight is 219 g/mol. The summed E-state index contributed by atoms with van der Waals surface area (Å²) in [5.41, 5.74) is 1.04. The zero-order valence-electron chi connectivity index (χ0n) is 9.20. The van der Waals surface area contributed by atoms with Crippen molar-refractivity contribution in [3.05, 3.63) is 29.6 Å². The van der Waals surface area contributed by atoms with E-state index in [9.17, 15) is 4.39 Å². The van der Waals surface area contributed by atoms with Crippen LogP contribution in [0, 0.1) is 17.1 Å². The molecule has 16 heavy (non-hydrogen) atoms. The molecule has 1 aromatic carbocycles. The Morgan fingerprint density at radius 2 is 2.38 bits per heavy atom. The molecule has 1 atom stereocenters. The van der Waals surface area contributed by atoms with Gasteiger partial charge in [0.25, 0.3) is 0 Å². The van der Waals surface area contributed by atoms with E-state index in [2.05, 4.69) is 17.1 Å². The van der Waals surface area contributed by atoms with Gasteiger partial charge < -0.3 is 10.2 Å². The molecule has 1 heterocycles. The fourth-order valence-electron chi connectivity index (χ4n) is 1.96. The van der Waals surface area contributed by atoms with Crippen molar-refractivity contribution in [2.75, 3.05) is 24.5 Å². The van der Waals surface area contributed by atoms with Gasteiger partial charge in [0, 0.05) is 31.4 Å². The smallest absolute Gasteiger partial charge is 0.141 e. The number of rotatable bonds is 1. The second-order valence-electron chi connectivity index (χ2n) is 4.08. The molecular weight excluding hydrogens is 205 g/mol. The highest BCUT2D eigenvalue weighted by Crippen LogP contribution is 2.19. The van der Waals surface area contributed by atoms with Crippen LogP contribution in [0.15, 0.2) is 18.2 Å². The number of nitriles is 1. The van der Waals surface area contributed by atoms with Gasteiger partial charge in [0.1, 0.15) is 11.9 Å². The molecule has 0 radical (unpaired) electrons. The van der Waals surface area contributed by atoms with Crippen LogP contribution >= 0.6 is 0 Å². The van der Waals surface area contributed by atoms with Gasteiger partial charge >= 0.3 is 0 Å². The maximum Gasteiger partial charge on any atom is 0.141 e. The molecule has 1 aromatic rings. The number of piperazine rings is 1. The predicted molar refractivity (Wildman–Crippen MR) is 60.8 cm³/mol. The lowest BCUT2D eigenvalue weighted by Gasteiger charge is -2.33. The van der Waals surface area contributed by atoms with Crippen LogP contribution in [0.5, 0.6) is 0 Å². The van der Waals surface area contributed by atoms with E-state index in [0.717, 1.165) is 25.3 Å². The molecule has 1 fully saturated rings. The Bertz CT molecular complexity index is 425. The third kappa shape index (κ3) is 2.15. The fourth-order valence-corrected chi connectivity index (χ4v) is 1.96. The van der Waals surface area contributed by atoms with Crippen LogP contribution in [0.4, 0.5) is 10.1 Å². The zero-order chi connectivity index (χ0) is 11.5. The fraction of sp³-hybridized carbons (Fsp3) is 0.417. The highest BCUT2D eigenvalue weighted by molar-refractivity contribution is 5.52. The lowest BCUT2D eigenvalue weighted by molar-refractivity contribution is 0.484. The Balaban J connectivity index is 2.24. The minimum atomic E-state index is -0.450. The summed E-state index contributed by atoms with van der Waals surface area (Å²) < 4.78 is 13.2. The molecule has 0 unspecified atom stereocenters. The molecule has 0 amide bonds. The Kier molecular flexibility index (Phi) is 3.07. The molecule has 1 aliphatic rings. The second kappa shape index (κ2) is 4.50. The van der Waals surface area contributed by atoms with E-state index in [1.165, 1.54) is 6.07 Å². The molecule has 1 aliphatic heterocycles. The number of benzene rings is 1. The van der Waals surface area contributed by atoms with Crippen molar-refractivity contribution in [1.82, 2.24) is 5.32 Å². The first kappa shape index (κ1) is 10.9. The van der Waals surface area contributed by atoms with Crippen molar-refractivity contribution in [3.8, 4) is 6.07 Å². The van der Waals surface area contributed by atoms with E-state index in [0.29, 0.717) is 6.04 Å². The van der Waals surface area contributed by atoms with E-state index in [1.54, 1.807) is 12.1 Å². The summed E-state index contributed by atoms with van der Waals surface area (Å²) in [6.07, 6.45) is 0. The first-order valence-electron chi connectivity index (χ1n) is 5.38. The molecule has 2 rings (SSSR count). The second-order valence-corrected chi connectivity index (χ2v) is 4.08. The summed E-state index contributed by atoms with van der Waals surface area (Å²) >= 11 is 0. The third-order valence-corrected chi connectivity index (χ3v) is 2.80. The molecule has 0 spiro atoms. The molecule has 0 saturated carbocycles. The number of hydrogen-bond acceptors (Lipinski definition) is 3. The number of hydrogen-bond donors (Lipinski definition) is 1. The van der Waals surface area contributed by atoms with Gasteiger partial charge in [-0.05, 0) is 25.1 Å². The predicted octanol–water partition coefficient (Wildman–Crippen LogP) is 1.50. The van der Waals surface area contributed by atoms with Crippen molar-refractivity contribution < 1.29 is 4.39 Å². The van der Waals surface area contributed by atoms with Gasteiger partial charge in [-0.3, -0.25) is 0 Å². The Labute approximate surface area is 94.5 Å². The number of halogens is 1. The first-order chi connectivity index (χ1) is 7.70. The SMILES string of the molecule is C[C@@H]1CN(c2ccc(F)c(C#N)c2)CCN1. The minimum Gasteiger partial charge on any atom is -0.369 e. The monoisotopic (exact) mass is 219 g/mol. The van der Waals surface area contributed by atoms with Gasteiger partial charge in [0.2, 0.25) is 0 Å². The lowest BCUT2D eigenvalue weighted by Crippen LogP contribution is -2.49. The van der Waals surface area contributed by atoms with Crippen LogP contribution in [-0.2, 0) is 0 Å². The highest BCUT2D eigenvalue weighted by Gasteiger charge is 2.16. The van der Waals surface area contributed by atoms with Gasteiger partial charge in [-0.1, -0.05) is 0 Å². The Morgan fingerprint density at radius 1 is 1.56 bits per heavy atom.